The van der Waals surface area contributed by atoms with Crippen molar-refractivity contribution in [3.8, 4) is 5.88 Å². The Bertz CT molecular complexity index is 1070. The molecule has 2 aromatic carbocycles. The number of morpholine rings is 1. The van der Waals surface area contributed by atoms with Crippen LogP contribution in [0.4, 0.5) is 24.5 Å². The third kappa shape index (κ3) is 3.80. The molecule has 1 saturated heterocycles. The zero-order chi connectivity index (χ0) is 20.6. The third-order valence-corrected chi connectivity index (χ3v) is 5.03. The van der Waals surface area contributed by atoms with Gasteiger partial charge in [0.1, 0.15) is 0 Å². The number of aromatic nitrogens is 1. The van der Waals surface area contributed by atoms with Gasteiger partial charge in [-0.15, -0.1) is 0 Å². The molecule has 0 bridgehead atoms. The number of ether oxygens (including phenoxy) is 1. The summed E-state index contributed by atoms with van der Waals surface area (Å²) in [5.74, 6) is -0.0703. The fourth-order valence-electron chi connectivity index (χ4n) is 3.62. The Balaban J connectivity index is 1.72. The van der Waals surface area contributed by atoms with Crippen LogP contribution in [0.3, 0.4) is 0 Å². The van der Waals surface area contributed by atoms with Crippen molar-refractivity contribution in [2.75, 3.05) is 31.2 Å². The van der Waals surface area contributed by atoms with E-state index < -0.39 is 11.7 Å². The van der Waals surface area contributed by atoms with Crippen molar-refractivity contribution in [1.82, 2.24) is 4.98 Å². The molecular formula is C21H20F3N3O2. The third-order valence-electron chi connectivity index (χ3n) is 5.03. The average Bonchev–Trinajstić information content (AvgIpc) is 3.02. The lowest BCUT2D eigenvalue weighted by atomic mass is 10.1. The maximum absolute atomic E-state index is 13.7. The molecule has 0 saturated carbocycles. The second-order valence-electron chi connectivity index (χ2n) is 6.94. The van der Waals surface area contributed by atoms with Crippen LogP contribution in [0, 0.1) is 6.92 Å². The zero-order valence-corrected chi connectivity index (χ0v) is 15.8. The molecule has 3 aromatic rings. The van der Waals surface area contributed by atoms with E-state index in [0.717, 1.165) is 22.5 Å². The molecule has 0 spiro atoms. The summed E-state index contributed by atoms with van der Waals surface area (Å²) in [7, 11) is 0. The first-order chi connectivity index (χ1) is 13.8. The summed E-state index contributed by atoms with van der Waals surface area (Å²) in [6, 6.07) is 9.61. The number of aryl methyl sites for hydroxylation is 1. The zero-order valence-electron chi connectivity index (χ0n) is 15.8. The number of nitrogens with zero attached hydrogens (tertiary/aromatic N) is 2. The molecule has 5 nitrogen and oxygen atoms in total. The number of aromatic hydroxyl groups is 1. The highest BCUT2D eigenvalue weighted by Gasteiger charge is 2.35. The number of alkyl halides is 3. The van der Waals surface area contributed by atoms with Gasteiger partial charge in [-0.2, -0.15) is 13.2 Å². The van der Waals surface area contributed by atoms with Gasteiger partial charge in [-0.05, 0) is 36.8 Å². The Kier molecular flexibility index (Phi) is 4.96. The Morgan fingerprint density at radius 1 is 1.17 bits per heavy atom. The number of hydrogen-bond donors (Lipinski definition) is 2. The molecule has 29 heavy (non-hydrogen) atoms. The van der Waals surface area contributed by atoms with E-state index in [2.05, 4.69) is 9.98 Å². The van der Waals surface area contributed by atoms with Crippen LogP contribution in [0.15, 0.2) is 41.4 Å². The minimum absolute atomic E-state index is 0.0703. The second kappa shape index (κ2) is 7.44. The van der Waals surface area contributed by atoms with E-state index in [9.17, 15) is 18.3 Å². The molecule has 0 unspecified atom stereocenters. The molecule has 4 rings (SSSR count). The van der Waals surface area contributed by atoms with Crippen molar-refractivity contribution in [3.63, 3.8) is 0 Å². The summed E-state index contributed by atoms with van der Waals surface area (Å²) >= 11 is 0. The highest BCUT2D eigenvalue weighted by atomic mass is 19.4. The lowest BCUT2D eigenvalue weighted by molar-refractivity contribution is -0.137. The monoisotopic (exact) mass is 403 g/mol. The lowest BCUT2D eigenvalue weighted by Crippen LogP contribution is -2.37. The Morgan fingerprint density at radius 3 is 2.66 bits per heavy atom. The molecule has 8 heteroatoms. The number of H-pyrrole nitrogens is 1. The van der Waals surface area contributed by atoms with E-state index in [-0.39, 0.29) is 17.3 Å². The van der Waals surface area contributed by atoms with Crippen LogP contribution in [-0.4, -0.2) is 42.6 Å². The van der Waals surface area contributed by atoms with Crippen molar-refractivity contribution >= 4 is 28.5 Å². The normalized spacial score (nSPS) is 15.5. The fraction of sp³-hybridized carbons (Fsp3) is 0.286. The number of nitrogens with one attached hydrogen (secondary N) is 1. The number of fused-ring (bicyclic) bond motifs is 1. The number of aromatic amines is 1. The summed E-state index contributed by atoms with van der Waals surface area (Å²) in [6.07, 6.45) is -3.11. The summed E-state index contributed by atoms with van der Waals surface area (Å²) in [4.78, 5) is 8.75. The lowest BCUT2D eigenvalue weighted by Gasteiger charge is -2.31. The molecule has 1 aromatic heterocycles. The van der Waals surface area contributed by atoms with Gasteiger partial charge in [-0.3, -0.25) is 4.99 Å². The van der Waals surface area contributed by atoms with E-state index >= 15 is 0 Å². The van der Waals surface area contributed by atoms with E-state index in [1.165, 1.54) is 12.3 Å². The predicted octanol–water partition coefficient (Wildman–Crippen LogP) is 4.79. The molecule has 0 aliphatic carbocycles. The summed E-state index contributed by atoms with van der Waals surface area (Å²) < 4.78 is 46.2. The van der Waals surface area contributed by atoms with Gasteiger partial charge in [-0.25, -0.2) is 0 Å². The fourth-order valence-corrected chi connectivity index (χ4v) is 3.62. The van der Waals surface area contributed by atoms with Crippen LogP contribution in [0.5, 0.6) is 5.88 Å². The summed E-state index contributed by atoms with van der Waals surface area (Å²) in [6.45, 7) is 3.51. The van der Waals surface area contributed by atoms with Gasteiger partial charge in [0.05, 0.1) is 30.0 Å². The number of rotatable bonds is 3. The van der Waals surface area contributed by atoms with Crippen LogP contribution in [0.25, 0.3) is 10.9 Å². The van der Waals surface area contributed by atoms with Crippen LogP contribution in [0.1, 0.15) is 16.7 Å². The summed E-state index contributed by atoms with van der Waals surface area (Å²) in [5.41, 5.74) is 1.68. The Morgan fingerprint density at radius 2 is 1.93 bits per heavy atom. The number of benzene rings is 2. The van der Waals surface area contributed by atoms with Crippen LogP contribution < -0.4 is 4.90 Å². The van der Waals surface area contributed by atoms with Gasteiger partial charge >= 0.3 is 6.18 Å². The molecule has 2 heterocycles. The first kappa shape index (κ1) is 19.3. The van der Waals surface area contributed by atoms with Gasteiger partial charge < -0.3 is 19.7 Å². The van der Waals surface area contributed by atoms with Gasteiger partial charge in [0.25, 0.3) is 0 Å². The smallest absolute Gasteiger partial charge is 0.418 e. The number of anilines is 1. The minimum atomic E-state index is -4.50. The van der Waals surface area contributed by atoms with Gasteiger partial charge in [-0.1, -0.05) is 12.1 Å². The first-order valence-electron chi connectivity index (χ1n) is 9.23. The Labute approximate surface area is 165 Å². The van der Waals surface area contributed by atoms with E-state index in [0.29, 0.717) is 31.9 Å². The average molecular weight is 403 g/mol. The highest BCUT2D eigenvalue weighted by molar-refractivity contribution is 6.04. The molecule has 152 valence electrons. The predicted molar refractivity (Wildman–Crippen MR) is 106 cm³/mol. The first-order valence-corrected chi connectivity index (χ1v) is 9.23. The van der Waals surface area contributed by atoms with Gasteiger partial charge in [0.15, 0.2) is 5.88 Å². The van der Waals surface area contributed by atoms with Crippen molar-refractivity contribution in [3.05, 3.63) is 53.1 Å². The van der Waals surface area contributed by atoms with Crippen molar-refractivity contribution in [1.29, 1.82) is 0 Å². The minimum Gasteiger partial charge on any atom is -0.494 e. The maximum atomic E-state index is 13.7. The molecule has 1 aliphatic rings. The molecule has 0 atom stereocenters. The van der Waals surface area contributed by atoms with E-state index in [1.54, 1.807) is 11.0 Å². The number of halogens is 3. The molecule has 0 amide bonds. The Hall–Kier alpha value is -3.00. The maximum Gasteiger partial charge on any atom is 0.418 e. The van der Waals surface area contributed by atoms with Crippen molar-refractivity contribution in [2.24, 2.45) is 4.99 Å². The van der Waals surface area contributed by atoms with Crippen LogP contribution in [-0.2, 0) is 10.9 Å². The largest absolute Gasteiger partial charge is 0.494 e. The van der Waals surface area contributed by atoms with Gasteiger partial charge in [0, 0.05) is 35.9 Å². The molecule has 2 N–H and O–H groups in total. The quantitative estimate of drug-likeness (QED) is 0.619. The standard InChI is InChI=1S/C21H20F3N3O2/c1-13-3-2-4-17-19(13)15(20(28)26-17)12-25-14-5-6-18(16(11-14)21(22,23)24)27-7-9-29-10-8-27/h2-6,11-12,26,28H,7-10H2,1H3. The second-order valence-corrected chi connectivity index (χ2v) is 6.94. The van der Waals surface area contributed by atoms with Crippen LogP contribution >= 0.6 is 0 Å². The summed E-state index contributed by atoms with van der Waals surface area (Å²) in [5, 5.41) is 11.0. The number of hydrogen-bond acceptors (Lipinski definition) is 4. The van der Waals surface area contributed by atoms with E-state index in [4.69, 9.17) is 4.74 Å². The van der Waals surface area contributed by atoms with E-state index in [1.807, 2.05) is 25.1 Å². The van der Waals surface area contributed by atoms with Crippen molar-refractivity contribution < 1.29 is 23.0 Å². The van der Waals surface area contributed by atoms with Gasteiger partial charge in [0.2, 0.25) is 0 Å². The topological polar surface area (TPSA) is 60.8 Å². The van der Waals surface area contributed by atoms with Crippen LogP contribution in [0.2, 0.25) is 0 Å². The molecule has 1 fully saturated rings. The molecule has 1 aliphatic heterocycles. The number of aliphatic imine (C=N–C) groups is 1. The molecular weight excluding hydrogens is 383 g/mol. The van der Waals surface area contributed by atoms with Crippen molar-refractivity contribution in [2.45, 2.75) is 13.1 Å². The molecule has 0 radical (unpaired) electrons. The SMILES string of the molecule is Cc1cccc2[nH]c(O)c(C=Nc3ccc(N4CCOCC4)c(C(F)(F)F)c3)c12. The highest BCUT2D eigenvalue weighted by Crippen LogP contribution is 2.39.